The molecule has 1 saturated heterocycles. The third-order valence-electron chi connectivity index (χ3n) is 14.1. The summed E-state index contributed by atoms with van der Waals surface area (Å²) in [6.45, 7) is 5.49. The van der Waals surface area contributed by atoms with E-state index in [1.54, 1.807) is 6.08 Å². The number of allylic oxidation sites excluding steroid dienone is 21. The van der Waals surface area contributed by atoms with Gasteiger partial charge in [0.05, 0.1) is 25.4 Å². The molecule has 0 aromatic carbocycles. The van der Waals surface area contributed by atoms with Gasteiger partial charge in [0.1, 0.15) is 24.4 Å². The highest BCUT2D eigenvalue weighted by Crippen LogP contribution is 2.26. The SMILES string of the molecule is CC/C=C\C/C=C\C/C=C\C/C=C\C/C=C\C/C=C\CCCCCCCCCC(O)C(=O)NC(COC1OC(CO)C(O)C(O)C1OC(=O)CCCCCCC\C=C/C=C/C=C/C=C/CC)C(O)/C=C/CCCCCCCCCCC. The molecule has 81 heavy (non-hydrogen) atoms. The van der Waals surface area contributed by atoms with Crippen LogP contribution in [0.1, 0.15) is 233 Å². The maximum Gasteiger partial charge on any atom is 0.306 e. The zero-order valence-electron chi connectivity index (χ0n) is 50.8. The van der Waals surface area contributed by atoms with E-state index in [2.05, 4.69) is 111 Å². The second-order valence-corrected chi connectivity index (χ2v) is 21.5. The van der Waals surface area contributed by atoms with Crippen molar-refractivity contribution in [3.8, 4) is 0 Å². The first-order valence-electron chi connectivity index (χ1n) is 32.0. The van der Waals surface area contributed by atoms with Crippen LogP contribution in [0.15, 0.2) is 134 Å². The van der Waals surface area contributed by atoms with E-state index in [0.717, 1.165) is 141 Å². The van der Waals surface area contributed by atoms with Crippen LogP contribution in [-0.2, 0) is 23.8 Å². The molecule has 8 atom stereocenters. The summed E-state index contributed by atoms with van der Waals surface area (Å²) in [5.74, 6) is -1.24. The van der Waals surface area contributed by atoms with Crippen LogP contribution in [0, 0.1) is 0 Å². The fraction of sp³-hybridized carbons (Fsp3) is 0.657. The largest absolute Gasteiger partial charge is 0.454 e. The summed E-state index contributed by atoms with van der Waals surface area (Å²) < 4.78 is 17.6. The van der Waals surface area contributed by atoms with Gasteiger partial charge < -0.3 is 45.1 Å². The van der Waals surface area contributed by atoms with Crippen LogP contribution >= 0.6 is 0 Å². The summed E-state index contributed by atoms with van der Waals surface area (Å²) in [5.41, 5.74) is 0. The van der Waals surface area contributed by atoms with Crippen LogP contribution in [0.25, 0.3) is 0 Å². The Morgan fingerprint density at radius 3 is 1.48 bits per heavy atom. The second-order valence-electron chi connectivity index (χ2n) is 21.5. The maximum absolute atomic E-state index is 13.4. The molecule has 0 aliphatic carbocycles. The molecule has 1 rings (SSSR count). The fourth-order valence-corrected chi connectivity index (χ4v) is 9.13. The fourth-order valence-electron chi connectivity index (χ4n) is 9.13. The van der Waals surface area contributed by atoms with Gasteiger partial charge in [0.2, 0.25) is 5.91 Å². The predicted octanol–water partition coefficient (Wildman–Crippen LogP) is 15.6. The smallest absolute Gasteiger partial charge is 0.306 e. The molecular weight excluding hydrogens is 1010 g/mol. The summed E-state index contributed by atoms with van der Waals surface area (Å²) >= 11 is 0. The molecule has 8 unspecified atom stereocenters. The molecule has 460 valence electrons. The topological polar surface area (TPSA) is 175 Å². The number of carbonyl (C=O) groups is 2. The normalized spacial score (nSPS) is 19.6. The van der Waals surface area contributed by atoms with Gasteiger partial charge in [0.25, 0.3) is 0 Å². The van der Waals surface area contributed by atoms with Crippen molar-refractivity contribution < 1.29 is 49.3 Å². The van der Waals surface area contributed by atoms with Crippen molar-refractivity contribution in [2.45, 2.75) is 282 Å². The quantitative estimate of drug-likeness (QED) is 0.0149. The van der Waals surface area contributed by atoms with E-state index in [0.29, 0.717) is 12.8 Å². The van der Waals surface area contributed by atoms with Crippen molar-refractivity contribution in [1.29, 1.82) is 0 Å². The molecule has 0 saturated carbocycles. The van der Waals surface area contributed by atoms with Crippen molar-refractivity contribution in [2.75, 3.05) is 13.2 Å². The maximum atomic E-state index is 13.4. The zero-order valence-corrected chi connectivity index (χ0v) is 50.8. The standard InChI is InChI=1S/C70H115NO10/c1-4-7-10-13-16-19-22-24-26-27-28-29-30-31-32-33-34-35-36-38-39-42-45-48-51-54-57-63(74)69(78)71-61(62(73)56-53-50-47-44-41-21-18-15-12-9-6-3)60-79-70-68(67(77)66(76)64(59-72)80-70)81-65(75)58-55-52-49-46-43-40-37-25-23-20-17-14-11-8-5-2/h7-8,10-11,14,16-17,19-20,23-26,28-29,31-32,34-35,37,53,56,61-64,66-68,70,72-74,76-77H,4-6,9,12-13,15,18,21-22,27,30,33,36,38-52,54-55,57-60H2,1-3H3,(H,71,78)/b10-7-,11-8+,17-14+,19-16-,23-20+,26-24-,29-28-,32-31-,35-34-,37-25-,56-53+. The van der Waals surface area contributed by atoms with Gasteiger partial charge in [0, 0.05) is 6.42 Å². The Morgan fingerprint density at radius 2 is 0.951 bits per heavy atom. The number of amides is 1. The van der Waals surface area contributed by atoms with E-state index < -0.39 is 67.4 Å². The molecular formula is C70H115NO10. The molecule has 1 amide bonds. The Hall–Kier alpha value is -4.20. The molecule has 11 nitrogen and oxygen atoms in total. The van der Waals surface area contributed by atoms with E-state index in [1.165, 1.54) is 44.9 Å². The summed E-state index contributed by atoms with van der Waals surface area (Å²) in [7, 11) is 0. The highest BCUT2D eigenvalue weighted by molar-refractivity contribution is 5.80. The minimum atomic E-state index is -1.63. The zero-order chi connectivity index (χ0) is 58.9. The number of nitrogens with one attached hydrogen (secondary N) is 1. The number of ether oxygens (including phenoxy) is 3. The van der Waals surface area contributed by atoms with Crippen LogP contribution in [0.2, 0.25) is 0 Å². The molecule has 0 aromatic heterocycles. The second kappa shape index (κ2) is 56.3. The number of aliphatic hydroxyl groups is 5. The first kappa shape index (κ1) is 74.8. The molecule has 1 heterocycles. The van der Waals surface area contributed by atoms with E-state index in [9.17, 15) is 35.1 Å². The summed E-state index contributed by atoms with van der Waals surface area (Å²) in [6, 6.07) is -1.04. The number of esters is 1. The number of hydrogen-bond acceptors (Lipinski definition) is 10. The van der Waals surface area contributed by atoms with Gasteiger partial charge in [-0.25, -0.2) is 0 Å². The van der Waals surface area contributed by atoms with Gasteiger partial charge in [0.15, 0.2) is 12.4 Å². The molecule has 1 aliphatic heterocycles. The Labute approximate surface area is 493 Å². The molecule has 0 aromatic rings. The summed E-state index contributed by atoms with van der Waals surface area (Å²) in [4.78, 5) is 26.5. The monoisotopic (exact) mass is 1130 g/mol. The van der Waals surface area contributed by atoms with Crippen LogP contribution in [0.3, 0.4) is 0 Å². The van der Waals surface area contributed by atoms with Crippen LogP contribution in [0.4, 0.5) is 0 Å². The predicted molar refractivity (Wildman–Crippen MR) is 337 cm³/mol. The third kappa shape index (κ3) is 44.1. The molecule has 0 spiro atoms. The van der Waals surface area contributed by atoms with Crippen LogP contribution < -0.4 is 5.32 Å². The van der Waals surface area contributed by atoms with Gasteiger partial charge in [-0.3, -0.25) is 9.59 Å². The Morgan fingerprint density at radius 1 is 0.506 bits per heavy atom. The Bertz CT molecular complexity index is 1830. The average molecular weight is 1130 g/mol. The van der Waals surface area contributed by atoms with Crippen molar-refractivity contribution in [1.82, 2.24) is 5.32 Å². The van der Waals surface area contributed by atoms with Gasteiger partial charge >= 0.3 is 5.97 Å². The van der Waals surface area contributed by atoms with E-state index in [-0.39, 0.29) is 19.4 Å². The number of unbranched alkanes of at least 4 members (excludes halogenated alkanes) is 21. The third-order valence-corrected chi connectivity index (χ3v) is 14.1. The lowest BCUT2D eigenvalue weighted by molar-refractivity contribution is -0.305. The Balaban J connectivity index is 2.63. The van der Waals surface area contributed by atoms with Gasteiger partial charge in [-0.05, 0) is 96.3 Å². The summed E-state index contributed by atoms with van der Waals surface area (Å²) in [5, 5.41) is 57.0. The molecule has 0 radical (unpaired) electrons. The molecule has 1 fully saturated rings. The lowest BCUT2D eigenvalue weighted by Gasteiger charge is -2.41. The average Bonchev–Trinajstić information content (AvgIpc) is 3.51. The molecule has 0 bridgehead atoms. The number of rotatable bonds is 52. The van der Waals surface area contributed by atoms with Gasteiger partial charge in [-0.1, -0.05) is 264 Å². The Kier molecular flexibility index (Phi) is 52.0. The molecule has 1 aliphatic rings. The van der Waals surface area contributed by atoms with Gasteiger partial charge in [-0.15, -0.1) is 0 Å². The highest BCUT2D eigenvalue weighted by Gasteiger charge is 2.47. The van der Waals surface area contributed by atoms with Crippen molar-refractivity contribution >= 4 is 11.9 Å². The molecule has 11 heteroatoms. The minimum Gasteiger partial charge on any atom is -0.454 e. The van der Waals surface area contributed by atoms with E-state index >= 15 is 0 Å². The van der Waals surface area contributed by atoms with Crippen LogP contribution in [0.5, 0.6) is 0 Å². The number of hydrogen-bond donors (Lipinski definition) is 6. The first-order valence-corrected chi connectivity index (χ1v) is 32.0. The molecule has 6 N–H and O–H groups in total. The minimum absolute atomic E-state index is 0.0892. The van der Waals surface area contributed by atoms with Crippen molar-refractivity contribution in [2.24, 2.45) is 0 Å². The number of aliphatic hydroxyl groups excluding tert-OH is 5. The van der Waals surface area contributed by atoms with E-state index in [1.807, 2.05) is 42.5 Å². The van der Waals surface area contributed by atoms with Crippen molar-refractivity contribution in [3.05, 3.63) is 134 Å². The van der Waals surface area contributed by atoms with E-state index in [4.69, 9.17) is 14.2 Å². The lowest BCUT2D eigenvalue weighted by Crippen LogP contribution is -2.61. The first-order chi connectivity index (χ1) is 39.7. The highest BCUT2D eigenvalue weighted by atomic mass is 16.7. The van der Waals surface area contributed by atoms with Crippen molar-refractivity contribution in [3.63, 3.8) is 0 Å². The number of carbonyl (C=O) groups excluding carboxylic acids is 2. The summed E-state index contributed by atoms with van der Waals surface area (Å²) in [6.07, 6.45) is 69.2. The van der Waals surface area contributed by atoms with Crippen LogP contribution in [-0.4, -0.2) is 99.6 Å². The van der Waals surface area contributed by atoms with Gasteiger partial charge in [-0.2, -0.15) is 0 Å². The lowest BCUT2D eigenvalue weighted by atomic mass is 9.99.